The van der Waals surface area contributed by atoms with E-state index >= 15 is 0 Å². The molecule has 0 unspecified atom stereocenters. The van der Waals surface area contributed by atoms with E-state index in [4.69, 9.17) is 9.47 Å². The zero-order chi connectivity index (χ0) is 9.14. The van der Waals surface area contributed by atoms with Gasteiger partial charge in [0.2, 0.25) is 0 Å². The van der Waals surface area contributed by atoms with E-state index in [-0.39, 0.29) is 0 Å². The lowest BCUT2D eigenvalue weighted by Crippen LogP contribution is -1.91. The zero-order valence-electron chi connectivity index (χ0n) is 6.73. The normalized spacial score (nSPS) is 9.67. The van der Waals surface area contributed by atoms with Crippen LogP contribution in [0.5, 0.6) is 11.5 Å². The van der Waals surface area contributed by atoms with Gasteiger partial charge in [-0.05, 0) is 34.7 Å². The quantitative estimate of drug-likeness (QED) is 0.769. The number of methoxy groups -OCH3 is 2. The lowest BCUT2D eigenvalue weighted by molar-refractivity contribution is 0.388. The van der Waals surface area contributed by atoms with E-state index in [0.29, 0.717) is 0 Å². The Balaban J connectivity index is 3.22. The Morgan fingerprint density at radius 1 is 1.17 bits per heavy atom. The molecule has 0 saturated heterocycles. The van der Waals surface area contributed by atoms with E-state index in [1.165, 1.54) is 0 Å². The fourth-order valence-electron chi connectivity index (χ4n) is 0.837. The summed E-state index contributed by atoms with van der Waals surface area (Å²) in [6.07, 6.45) is 0. The van der Waals surface area contributed by atoms with E-state index in [9.17, 15) is 0 Å². The highest BCUT2D eigenvalue weighted by Crippen LogP contribution is 2.33. The maximum atomic E-state index is 5.15. The average Bonchev–Trinajstić information content (AvgIpc) is 2.08. The van der Waals surface area contributed by atoms with Crippen LogP contribution in [0.15, 0.2) is 16.6 Å². The lowest BCUT2D eigenvalue weighted by atomic mass is 10.3. The molecule has 0 radical (unpaired) electrons. The van der Waals surface area contributed by atoms with Crippen LogP contribution in [0.2, 0.25) is 0 Å². The second-order valence-corrected chi connectivity index (χ2v) is 4.12. The first-order chi connectivity index (χ1) is 5.69. The van der Waals surface area contributed by atoms with Crippen LogP contribution in [0.3, 0.4) is 0 Å². The molecule has 0 aliphatic rings. The monoisotopic (exact) mass is 342 g/mol. The SMILES string of the molecule is COc1cc(Br)cc(OC)c1I. The van der Waals surface area contributed by atoms with Crippen molar-refractivity contribution in [1.29, 1.82) is 0 Å². The van der Waals surface area contributed by atoms with Gasteiger partial charge in [0, 0.05) is 4.47 Å². The summed E-state index contributed by atoms with van der Waals surface area (Å²) in [5.74, 6) is 1.64. The van der Waals surface area contributed by atoms with E-state index in [2.05, 4.69) is 38.5 Å². The van der Waals surface area contributed by atoms with Gasteiger partial charge in [0.1, 0.15) is 11.5 Å². The highest BCUT2D eigenvalue weighted by Gasteiger charge is 2.07. The summed E-state index contributed by atoms with van der Waals surface area (Å²) in [5.41, 5.74) is 0. The van der Waals surface area contributed by atoms with Gasteiger partial charge in [-0.3, -0.25) is 0 Å². The second kappa shape index (κ2) is 4.32. The fourth-order valence-corrected chi connectivity index (χ4v) is 2.00. The first-order valence-corrected chi connectivity index (χ1v) is 5.13. The van der Waals surface area contributed by atoms with Crippen LogP contribution < -0.4 is 9.47 Å². The van der Waals surface area contributed by atoms with Gasteiger partial charge in [0.15, 0.2) is 0 Å². The van der Waals surface area contributed by atoms with Crippen molar-refractivity contribution in [2.24, 2.45) is 0 Å². The largest absolute Gasteiger partial charge is 0.495 e. The minimum Gasteiger partial charge on any atom is -0.495 e. The van der Waals surface area contributed by atoms with Gasteiger partial charge in [-0.15, -0.1) is 0 Å². The Morgan fingerprint density at radius 3 is 1.92 bits per heavy atom. The zero-order valence-corrected chi connectivity index (χ0v) is 10.5. The fraction of sp³-hybridized carbons (Fsp3) is 0.250. The van der Waals surface area contributed by atoms with Crippen molar-refractivity contribution in [1.82, 2.24) is 0 Å². The van der Waals surface area contributed by atoms with Crippen molar-refractivity contribution in [3.8, 4) is 11.5 Å². The second-order valence-electron chi connectivity index (χ2n) is 2.12. The highest BCUT2D eigenvalue weighted by molar-refractivity contribution is 14.1. The molecule has 0 amide bonds. The molecule has 12 heavy (non-hydrogen) atoms. The van der Waals surface area contributed by atoms with Crippen LogP contribution in [-0.4, -0.2) is 14.2 Å². The Hall–Kier alpha value is 0.0300. The Bertz CT molecular complexity index is 263. The molecule has 1 aromatic rings. The smallest absolute Gasteiger partial charge is 0.137 e. The molecule has 0 saturated carbocycles. The number of hydrogen-bond acceptors (Lipinski definition) is 2. The van der Waals surface area contributed by atoms with Crippen molar-refractivity contribution in [3.63, 3.8) is 0 Å². The van der Waals surface area contributed by atoms with Crippen molar-refractivity contribution in [2.45, 2.75) is 0 Å². The van der Waals surface area contributed by atoms with Gasteiger partial charge in [-0.1, -0.05) is 15.9 Å². The molecule has 66 valence electrons. The van der Waals surface area contributed by atoms with Crippen LogP contribution in [0.1, 0.15) is 0 Å². The molecule has 0 aliphatic heterocycles. The van der Waals surface area contributed by atoms with E-state index in [1.807, 2.05) is 12.1 Å². The van der Waals surface area contributed by atoms with Crippen LogP contribution >= 0.6 is 38.5 Å². The van der Waals surface area contributed by atoms with Gasteiger partial charge >= 0.3 is 0 Å². The molecule has 0 spiro atoms. The summed E-state index contributed by atoms with van der Waals surface area (Å²) in [6.45, 7) is 0. The van der Waals surface area contributed by atoms with E-state index in [0.717, 1.165) is 19.5 Å². The summed E-state index contributed by atoms with van der Waals surface area (Å²) in [6, 6.07) is 3.81. The third-order valence-electron chi connectivity index (χ3n) is 1.41. The third-order valence-corrected chi connectivity index (χ3v) is 2.93. The number of halogens is 2. The van der Waals surface area contributed by atoms with Crippen molar-refractivity contribution < 1.29 is 9.47 Å². The lowest BCUT2D eigenvalue weighted by Gasteiger charge is -2.08. The average molecular weight is 343 g/mol. The maximum Gasteiger partial charge on any atom is 0.137 e. The van der Waals surface area contributed by atoms with Crippen molar-refractivity contribution >= 4 is 38.5 Å². The van der Waals surface area contributed by atoms with Gasteiger partial charge < -0.3 is 9.47 Å². The molecular formula is C8H8BrIO2. The molecule has 0 fully saturated rings. The van der Waals surface area contributed by atoms with E-state index < -0.39 is 0 Å². The molecule has 0 atom stereocenters. The Kier molecular flexibility index (Phi) is 3.64. The van der Waals surface area contributed by atoms with Gasteiger partial charge in [0.05, 0.1) is 17.8 Å². The summed E-state index contributed by atoms with van der Waals surface area (Å²) in [4.78, 5) is 0. The van der Waals surface area contributed by atoms with Crippen LogP contribution in [0.4, 0.5) is 0 Å². The Labute approximate surface area is 93.5 Å². The number of rotatable bonds is 2. The van der Waals surface area contributed by atoms with Crippen LogP contribution in [-0.2, 0) is 0 Å². The molecule has 4 heteroatoms. The molecule has 1 rings (SSSR count). The topological polar surface area (TPSA) is 18.5 Å². The first-order valence-electron chi connectivity index (χ1n) is 3.26. The predicted octanol–water partition coefficient (Wildman–Crippen LogP) is 3.07. The molecule has 0 aromatic heterocycles. The summed E-state index contributed by atoms with van der Waals surface area (Å²) in [7, 11) is 3.28. The number of ether oxygens (including phenoxy) is 2. The molecule has 0 bridgehead atoms. The molecule has 0 heterocycles. The minimum absolute atomic E-state index is 0.821. The van der Waals surface area contributed by atoms with Crippen LogP contribution in [0, 0.1) is 3.57 Å². The molecule has 0 N–H and O–H groups in total. The van der Waals surface area contributed by atoms with Gasteiger partial charge in [0.25, 0.3) is 0 Å². The molecule has 2 nitrogen and oxygen atoms in total. The summed E-state index contributed by atoms with van der Waals surface area (Å²) >= 11 is 5.55. The first kappa shape index (κ1) is 10.1. The standard InChI is InChI=1S/C8H8BrIO2/c1-11-6-3-5(9)4-7(12-2)8(6)10/h3-4H,1-2H3. The maximum absolute atomic E-state index is 5.15. The third kappa shape index (κ3) is 2.04. The molecule has 1 aromatic carbocycles. The van der Waals surface area contributed by atoms with Gasteiger partial charge in [-0.2, -0.15) is 0 Å². The van der Waals surface area contributed by atoms with Crippen molar-refractivity contribution in [2.75, 3.05) is 14.2 Å². The Morgan fingerprint density at radius 2 is 1.58 bits per heavy atom. The predicted molar refractivity (Wildman–Crippen MR) is 60.0 cm³/mol. The molecule has 0 aliphatic carbocycles. The number of benzene rings is 1. The highest BCUT2D eigenvalue weighted by atomic mass is 127. The number of hydrogen-bond donors (Lipinski definition) is 0. The van der Waals surface area contributed by atoms with Gasteiger partial charge in [-0.25, -0.2) is 0 Å². The summed E-state index contributed by atoms with van der Waals surface area (Å²) in [5, 5.41) is 0. The molecular weight excluding hydrogens is 335 g/mol. The summed E-state index contributed by atoms with van der Waals surface area (Å²) < 4.78 is 12.2. The van der Waals surface area contributed by atoms with Crippen molar-refractivity contribution in [3.05, 3.63) is 20.2 Å². The van der Waals surface area contributed by atoms with Crippen LogP contribution in [0.25, 0.3) is 0 Å². The van der Waals surface area contributed by atoms with E-state index in [1.54, 1.807) is 14.2 Å². The minimum atomic E-state index is 0.821.